The summed E-state index contributed by atoms with van der Waals surface area (Å²) in [7, 11) is 1.49. The third kappa shape index (κ3) is 4.39. The molecule has 1 amide bonds. The lowest BCUT2D eigenvalue weighted by Gasteiger charge is -2.46. The second kappa shape index (κ2) is 8.34. The van der Waals surface area contributed by atoms with Crippen LogP contribution in [0, 0.1) is 5.82 Å². The molecule has 3 N–H and O–H groups in total. The van der Waals surface area contributed by atoms with Crippen LogP contribution in [0.3, 0.4) is 0 Å². The largest absolute Gasteiger partial charge is 0.507 e. The van der Waals surface area contributed by atoms with Crippen molar-refractivity contribution in [1.82, 2.24) is 20.8 Å². The zero-order valence-corrected chi connectivity index (χ0v) is 19.9. The Morgan fingerprint density at radius 1 is 1.18 bits per heavy atom. The summed E-state index contributed by atoms with van der Waals surface area (Å²) >= 11 is 0. The topological polar surface area (TPSA) is 90.4 Å². The summed E-state index contributed by atoms with van der Waals surface area (Å²) in [6, 6.07) is 7.16. The zero-order valence-electron chi connectivity index (χ0n) is 19.9. The van der Waals surface area contributed by atoms with Crippen LogP contribution in [0.5, 0.6) is 5.75 Å². The molecule has 3 fully saturated rings. The van der Waals surface area contributed by atoms with Gasteiger partial charge in [0.15, 0.2) is 5.82 Å². The molecule has 5 rings (SSSR count). The van der Waals surface area contributed by atoms with Gasteiger partial charge in [-0.3, -0.25) is 4.79 Å². The predicted octanol–water partition coefficient (Wildman–Crippen LogP) is 3.78. The number of amides is 1. The fourth-order valence-corrected chi connectivity index (χ4v) is 5.81. The Bertz CT molecular complexity index is 1110. The van der Waals surface area contributed by atoms with E-state index in [1.54, 1.807) is 6.07 Å². The molecule has 1 aromatic carbocycles. The van der Waals surface area contributed by atoms with Gasteiger partial charge >= 0.3 is 0 Å². The number of aromatic hydroxyl groups is 1. The molecule has 2 aromatic rings. The average molecular weight is 466 g/mol. The summed E-state index contributed by atoms with van der Waals surface area (Å²) in [4.78, 5) is 13.8. The zero-order chi connectivity index (χ0) is 24.1. The summed E-state index contributed by atoms with van der Waals surface area (Å²) < 4.78 is 14.6. The number of piperidine rings is 1. The molecule has 0 unspecified atom stereocenters. The van der Waals surface area contributed by atoms with E-state index in [0.29, 0.717) is 17.8 Å². The van der Waals surface area contributed by atoms with E-state index < -0.39 is 5.82 Å². The predicted molar refractivity (Wildman–Crippen MR) is 130 cm³/mol. The summed E-state index contributed by atoms with van der Waals surface area (Å²) in [6.45, 7) is 4.66. The quantitative estimate of drug-likeness (QED) is 0.563. The number of phenolic OH excluding ortho intramolecular Hbond substituents is 1. The second-order valence-corrected chi connectivity index (χ2v) is 10.6. The van der Waals surface area contributed by atoms with E-state index in [4.69, 9.17) is 0 Å². The van der Waals surface area contributed by atoms with Gasteiger partial charge in [0, 0.05) is 47.4 Å². The number of rotatable bonds is 6. The molecule has 2 aliphatic heterocycles. The molecule has 1 aliphatic carbocycles. The van der Waals surface area contributed by atoms with Crippen LogP contribution in [0.4, 0.5) is 10.2 Å². The van der Waals surface area contributed by atoms with Crippen LogP contribution in [-0.2, 0) is 4.79 Å². The number of hydrogen-bond acceptors (Lipinski definition) is 6. The smallest absolute Gasteiger partial charge is 0.243 e. The first-order valence-corrected chi connectivity index (χ1v) is 12.0. The molecule has 8 heteroatoms. The van der Waals surface area contributed by atoms with Crippen LogP contribution in [0.15, 0.2) is 30.3 Å². The summed E-state index contributed by atoms with van der Waals surface area (Å²) in [6.07, 6.45) is 9.43. The van der Waals surface area contributed by atoms with Gasteiger partial charge < -0.3 is 20.6 Å². The highest BCUT2D eigenvalue weighted by Crippen LogP contribution is 2.46. The van der Waals surface area contributed by atoms with Crippen molar-refractivity contribution in [3.05, 3.63) is 41.7 Å². The van der Waals surface area contributed by atoms with Crippen molar-refractivity contribution in [3.8, 4) is 17.0 Å². The van der Waals surface area contributed by atoms with E-state index in [9.17, 15) is 14.3 Å². The van der Waals surface area contributed by atoms with Crippen molar-refractivity contribution in [1.29, 1.82) is 0 Å². The Labute approximate surface area is 199 Å². The third-order valence-electron chi connectivity index (χ3n) is 7.50. The first-order valence-electron chi connectivity index (χ1n) is 12.0. The fraction of sp³-hybridized carbons (Fsp3) is 0.500. The molecule has 34 heavy (non-hydrogen) atoms. The molecule has 2 saturated heterocycles. The van der Waals surface area contributed by atoms with Gasteiger partial charge in [-0.1, -0.05) is 0 Å². The normalized spacial score (nSPS) is 28.3. The van der Waals surface area contributed by atoms with Gasteiger partial charge in [0.05, 0.1) is 5.69 Å². The van der Waals surface area contributed by atoms with Gasteiger partial charge in [0.2, 0.25) is 5.91 Å². The Morgan fingerprint density at radius 2 is 1.88 bits per heavy atom. The minimum atomic E-state index is -0.551. The van der Waals surface area contributed by atoms with Crippen molar-refractivity contribution in [2.24, 2.45) is 0 Å². The van der Waals surface area contributed by atoms with Crippen LogP contribution in [0.25, 0.3) is 17.3 Å². The van der Waals surface area contributed by atoms with Crippen LogP contribution in [0.1, 0.15) is 57.9 Å². The SMILES string of the molecule is CNC(=O)/C=C/c1cc(O)c(-c2ccc(N(C3CC3)[C@H]3C[C@]4(C)CC[C@](C)(C3)N4)nn2)cc1F. The lowest BCUT2D eigenvalue weighted by molar-refractivity contribution is -0.115. The van der Waals surface area contributed by atoms with Gasteiger partial charge in [-0.15, -0.1) is 10.2 Å². The van der Waals surface area contributed by atoms with Crippen LogP contribution >= 0.6 is 0 Å². The number of hydrogen-bond donors (Lipinski definition) is 3. The maximum atomic E-state index is 14.6. The highest BCUT2D eigenvalue weighted by molar-refractivity contribution is 5.91. The molecule has 3 atom stereocenters. The van der Waals surface area contributed by atoms with Crippen molar-refractivity contribution in [3.63, 3.8) is 0 Å². The van der Waals surface area contributed by atoms with E-state index in [1.807, 2.05) is 6.07 Å². The molecule has 180 valence electrons. The Balaban J connectivity index is 1.39. The van der Waals surface area contributed by atoms with Crippen LogP contribution in [-0.4, -0.2) is 51.4 Å². The van der Waals surface area contributed by atoms with E-state index >= 15 is 0 Å². The number of carbonyl (C=O) groups is 1. The highest BCUT2D eigenvalue weighted by atomic mass is 19.1. The van der Waals surface area contributed by atoms with Crippen LogP contribution < -0.4 is 15.5 Å². The standard InChI is InChI=1S/C26H32FN5O2/c1-25-10-11-26(2,31-25)15-18(14-25)32(17-5-6-17)23-8-7-21(29-30-23)19-13-20(27)16(12-22(19)33)4-9-24(34)28-3/h4,7-9,12-13,17-18,31,33H,5-6,10-11,14-15H2,1-3H3,(H,28,34)/b9-4+/t18-,25-,26+. The van der Waals surface area contributed by atoms with Gasteiger partial charge in [0.1, 0.15) is 11.6 Å². The van der Waals surface area contributed by atoms with E-state index in [1.165, 1.54) is 44.2 Å². The van der Waals surface area contributed by atoms with E-state index in [-0.39, 0.29) is 33.9 Å². The van der Waals surface area contributed by atoms with E-state index in [2.05, 4.69) is 39.6 Å². The molecule has 2 bridgehead atoms. The number of nitrogens with zero attached hydrogens (tertiary/aromatic N) is 3. The van der Waals surface area contributed by atoms with E-state index in [0.717, 1.165) is 31.5 Å². The average Bonchev–Trinajstić information content (AvgIpc) is 3.60. The summed E-state index contributed by atoms with van der Waals surface area (Å²) in [5.41, 5.74) is 1.12. The molecular weight excluding hydrogens is 433 g/mol. The fourth-order valence-electron chi connectivity index (χ4n) is 5.81. The number of phenols is 1. The van der Waals surface area contributed by atoms with Gasteiger partial charge in [-0.05, 0) is 82.7 Å². The maximum Gasteiger partial charge on any atom is 0.243 e. The van der Waals surface area contributed by atoms with Crippen molar-refractivity contribution in [2.75, 3.05) is 11.9 Å². The number of nitrogens with one attached hydrogen (secondary N) is 2. The maximum absolute atomic E-state index is 14.6. The molecule has 7 nitrogen and oxygen atoms in total. The molecule has 3 heterocycles. The number of aromatic nitrogens is 2. The Morgan fingerprint density at radius 3 is 2.47 bits per heavy atom. The molecule has 0 radical (unpaired) electrons. The highest BCUT2D eigenvalue weighted by Gasteiger charge is 2.51. The van der Waals surface area contributed by atoms with Crippen molar-refractivity contribution < 1.29 is 14.3 Å². The molecule has 0 spiro atoms. The summed E-state index contributed by atoms with van der Waals surface area (Å²) in [5, 5.41) is 25.7. The monoisotopic (exact) mass is 465 g/mol. The second-order valence-electron chi connectivity index (χ2n) is 10.6. The Kier molecular flexibility index (Phi) is 5.59. The van der Waals surface area contributed by atoms with Crippen LogP contribution in [0.2, 0.25) is 0 Å². The number of likely N-dealkylation sites (N-methyl/N-ethyl adjacent to an activating group) is 1. The summed E-state index contributed by atoms with van der Waals surface area (Å²) in [5.74, 6) is -0.177. The molecule has 3 aliphatic rings. The van der Waals surface area contributed by atoms with Gasteiger partial charge in [0.25, 0.3) is 0 Å². The molecule has 1 saturated carbocycles. The molecule has 1 aromatic heterocycles. The van der Waals surface area contributed by atoms with Crippen molar-refractivity contribution >= 4 is 17.8 Å². The van der Waals surface area contributed by atoms with Gasteiger partial charge in [-0.2, -0.15) is 0 Å². The number of carbonyl (C=O) groups excluding carboxylic acids is 1. The Hall–Kier alpha value is -3.00. The van der Waals surface area contributed by atoms with Gasteiger partial charge in [-0.25, -0.2) is 4.39 Å². The minimum absolute atomic E-state index is 0.116. The first kappa shape index (κ1) is 22.8. The minimum Gasteiger partial charge on any atom is -0.507 e. The lowest BCUT2D eigenvalue weighted by atomic mass is 9.84. The van der Waals surface area contributed by atoms with Crippen molar-refractivity contribution in [2.45, 2.75) is 75.5 Å². The number of halogens is 1. The first-order chi connectivity index (χ1) is 16.2. The number of benzene rings is 1. The lowest BCUT2D eigenvalue weighted by Crippen LogP contribution is -2.59. The molecular formula is C26H32FN5O2. The third-order valence-corrected chi connectivity index (χ3v) is 7.50. The number of anilines is 1. The number of fused-ring (bicyclic) bond motifs is 2.